The third-order valence-corrected chi connectivity index (χ3v) is 5.67. The van der Waals surface area contributed by atoms with E-state index in [1.54, 1.807) is 0 Å². The zero-order valence-electron chi connectivity index (χ0n) is 12.7. The molecular formula is C17H25BrN2O. The Bertz CT molecular complexity index is 506. The second-order valence-electron chi connectivity index (χ2n) is 6.48. The highest BCUT2D eigenvalue weighted by Gasteiger charge is 2.30. The molecule has 0 bridgehead atoms. The van der Waals surface area contributed by atoms with Crippen molar-refractivity contribution in [2.45, 2.75) is 51.5 Å². The number of ether oxygens (including phenoxy) is 1. The second-order valence-corrected chi connectivity index (χ2v) is 7.39. The Morgan fingerprint density at radius 2 is 2.29 bits per heavy atom. The van der Waals surface area contributed by atoms with Gasteiger partial charge in [-0.05, 0) is 54.4 Å². The molecule has 3 rings (SSSR count). The Kier molecular flexibility index (Phi) is 4.87. The van der Waals surface area contributed by atoms with Gasteiger partial charge in [-0.1, -0.05) is 35.7 Å². The zero-order valence-corrected chi connectivity index (χ0v) is 14.3. The van der Waals surface area contributed by atoms with E-state index in [1.807, 2.05) is 0 Å². The number of nitrogens with two attached hydrogens (primary N) is 1. The van der Waals surface area contributed by atoms with Crippen LogP contribution in [0.1, 0.15) is 43.7 Å². The molecule has 1 heterocycles. The second kappa shape index (κ2) is 6.67. The van der Waals surface area contributed by atoms with Gasteiger partial charge in [0.2, 0.25) is 0 Å². The lowest BCUT2D eigenvalue weighted by molar-refractivity contribution is 0.332. The van der Waals surface area contributed by atoms with Crippen LogP contribution in [0.4, 0.5) is 0 Å². The molecule has 3 atom stereocenters. The van der Waals surface area contributed by atoms with E-state index in [2.05, 4.69) is 40.4 Å². The van der Waals surface area contributed by atoms with E-state index in [4.69, 9.17) is 10.6 Å². The van der Waals surface area contributed by atoms with Gasteiger partial charge >= 0.3 is 0 Å². The van der Waals surface area contributed by atoms with Crippen LogP contribution in [0.2, 0.25) is 0 Å². The summed E-state index contributed by atoms with van der Waals surface area (Å²) < 4.78 is 6.99. The van der Waals surface area contributed by atoms with Gasteiger partial charge in [0.1, 0.15) is 5.75 Å². The summed E-state index contributed by atoms with van der Waals surface area (Å²) in [6.07, 6.45) is 7.23. The Balaban J connectivity index is 1.76. The fraction of sp³-hybridized carbons (Fsp3) is 0.647. The van der Waals surface area contributed by atoms with Crippen LogP contribution < -0.4 is 16.0 Å². The Morgan fingerprint density at radius 3 is 3.00 bits per heavy atom. The summed E-state index contributed by atoms with van der Waals surface area (Å²) in [4.78, 5) is 0. The molecule has 1 aromatic carbocycles. The van der Waals surface area contributed by atoms with Crippen LogP contribution in [-0.4, -0.2) is 12.6 Å². The first-order valence-corrected chi connectivity index (χ1v) is 8.90. The van der Waals surface area contributed by atoms with E-state index in [1.165, 1.54) is 36.8 Å². The molecule has 1 aliphatic carbocycles. The summed E-state index contributed by atoms with van der Waals surface area (Å²) in [6, 6.07) is 4.73. The lowest BCUT2D eigenvalue weighted by atomic mass is 9.90. The zero-order chi connectivity index (χ0) is 14.8. The molecule has 0 spiro atoms. The van der Waals surface area contributed by atoms with Crippen molar-refractivity contribution >= 4 is 15.9 Å². The Labute approximate surface area is 135 Å². The monoisotopic (exact) mass is 352 g/mol. The van der Waals surface area contributed by atoms with Gasteiger partial charge in [-0.15, -0.1) is 0 Å². The van der Waals surface area contributed by atoms with Crippen LogP contribution in [0.15, 0.2) is 16.6 Å². The highest BCUT2D eigenvalue weighted by molar-refractivity contribution is 9.10. The van der Waals surface area contributed by atoms with Crippen LogP contribution in [0.25, 0.3) is 0 Å². The number of hydrazine groups is 1. The summed E-state index contributed by atoms with van der Waals surface area (Å²) in [5.41, 5.74) is 5.70. The van der Waals surface area contributed by atoms with Crippen molar-refractivity contribution in [2.75, 3.05) is 6.61 Å². The van der Waals surface area contributed by atoms with Crippen LogP contribution in [-0.2, 0) is 12.8 Å². The first kappa shape index (κ1) is 15.3. The fourth-order valence-corrected chi connectivity index (χ4v) is 4.50. The van der Waals surface area contributed by atoms with Gasteiger partial charge in [0, 0.05) is 16.9 Å². The molecule has 3 nitrogen and oxygen atoms in total. The van der Waals surface area contributed by atoms with Crippen molar-refractivity contribution in [3.63, 3.8) is 0 Å². The third-order valence-electron chi connectivity index (χ3n) is 5.21. The molecule has 4 heteroatoms. The molecule has 0 aromatic heterocycles. The summed E-state index contributed by atoms with van der Waals surface area (Å²) in [5, 5.41) is 0. The highest BCUT2D eigenvalue weighted by Crippen LogP contribution is 2.38. The van der Waals surface area contributed by atoms with Gasteiger partial charge < -0.3 is 4.74 Å². The van der Waals surface area contributed by atoms with Gasteiger partial charge in [-0.3, -0.25) is 11.3 Å². The average Bonchev–Trinajstić information content (AvgIpc) is 3.12. The predicted octanol–water partition coefficient (Wildman–Crippen LogP) is 3.58. The number of rotatable bonds is 5. The molecule has 0 radical (unpaired) electrons. The number of hydrogen-bond acceptors (Lipinski definition) is 3. The standard InChI is InChI=1S/C17H25BrN2O/c1-2-11-3-4-12(7-11)16(20-19)10-14-9-15(18)8-13-5-6-21-17(13)14/h8-9,11-12,16,20H,2-7,10,19H2,1H3. The maximum atomic E-state index is 5.87. The summed E-state index contributed by atoms with van der Waals surface area (Å²) in [5.74, 6) is 8.54. The molecule has 0 saturated heterocycles. The van der Waals surface area contributed by atoms with Crippen molar-refractivity contribution in [1.82, 2.24) is 5.43 Å². The third kappa shape index (κ3) is 3.27. The predicted molar refractivity (Wildman–Crippen MR) is 89.3 cm³/mol. The minimum atomic E-state index is 0.351. The van der Waals surface area contributed by atoms with Gasteiger partial charge in [-0.2, -0.15) is 0 Å². The highest BCUT2D eigenvalue weighted by atomic mass is 79.9. The van der Waals surface area contributed by atoms with Gasteiger partial charge in [-0.25, -0.2) is 0 Å². The number of fused-ring (bicyclic) bond motifs is 1. The number of hydrogen-bond donors (Lipinski definition) is 2. The molecule has 3 unspecified atom stereocenters. The molecule has 116 valence electrons. The first-order valence-electron chi connectivity index (χ1n) is 8.11. The van der Waals surface area contributed by atoms with E-state index in [0.29, 0.717) is 12.0 Å². The van der Waals surface area contributed by atoms with Gasteiger partial charge in [0.15, 0.2) is 0 Å². The summed E-state index contributed by atoms with van der Waals surface area (Å²) >= 11 is 3.62. The van der Waals surface area contributed by atoms with E-state index in [0.717, 1.165) is 35.6 Å². The smallest absolute Gasteiger partial charge is 0.125 e. The van der Waals surface area contributed by atoms with Crippen LogP contribution in [0, 0.1) is 11.8 Å². The summed E-state index contributed by atoms with van der Waals surface area (Å²) in [7, 11) is 0. The molecule has 1 aromatic rings. The van der Waals surface area contributed by atoms with E-state index < -0.39 is 0 Å². The lowest BCUT2D eigenvalue weighted by Gasteiger charge is -2.24. The van der Waals surface area contributed by atoms with Crippen molar-refractivity contribution in [1.29, 1.82) is 0 Å². The Morgan fingerprint density at radius 1 is 1.43 bits per heavy atom. The van der Waals surface area contributed by atoms with Crippen molar-refractivity contribution in [3.8, 4) is 5.75 Å². The topological polar surface area (TPSA) is 47.3 Å². The van der Waals surface area contributed by atoms with E-state index in [9.17, 15) is 0 Å². The molecule has 0 amide bonds. The molecule has 21 heavy (non-hydrogen) atoms. The van der Waals surface area contributed by atoms with Crippen LogP contribution in [0.5, 0.6) is 5.75 Å². The minimum absolute atomic E-state index is 0.351. The molecule has 1 saturated carbocycles. The molecular weight excluding hydrogens is 328 g/mol. The fourth-order valence-electron chi connectivity index (χ4n) is 3.95. The maximum Gasteiger partial charge on any atom is 0.125 e. The number of nitrogens with one attached hydrogen (secondary N) is 1. The number of benzene rings is 1. The van der Waals surface area contributed by atoms with Crippen LogP contribution >= 0.6 is 15.9 Å². The van der Waals surface area contributed by atoms with Crippen molar-refractivity contribution < 1.29 is 4.74 Å². The molecule has 3 N–H and O–H groups in total. The van der Waals surface area contributed by atoms with Gasteiger partial charge in [0.05, 0.1) is 6.61 Å². The summed E-state index contributed by atoms with van der Waals surface area (Å²) in [6.45, 7) is 3.10. The van der Waals surface area contributed by atoms with Crippen LogP contribution in [0.3, 0.4) is 0 Å². The van der Waals surface area contributed by atoms with E-state index >= 15 is 0 Å². The molecule has 1 aliphatic heterocycles. The Hall–Kier alpha value is -0.580. The van der Waals surface area contributed by atoms with E-state index in [-0.39, 0.29) is 0 Å². The maximum absolute atomic E-state index is 5.87. The number of halogens is 1. The van der Waals surface area contributed by atoms with Crippen molar-refractivity contribution in [3.05, 3.63) is 27.7 Å². The quantitative estimate of drug-likeness (QED) is 0.628. The lowest BCUT2D eigenvalue weighted by Crippen LogP contribution is -2.41. The minimum Gasteiger partial charge on any atom is -0.493 e. The average molecular weight is 353 g/mol. The largest absolute Gasteiger partial charge is 0.493 e. The van der Waals surface area contributed by atoms with Gasteiger partial charge in [0.25, 0.3) is 0 Å². The first-order chi connectivity index (χ1) is 10.2. The molecule has 1 fully saturated rings. The van der Waals surface area contributed by atoms with Crippen molar-refractivity contribution in [2.24, 2.45) is 17.7 Å². The normalized spacial score (nSPS) is 25.7. The SMILES string of the molecule is CCC1CCC(C(Cc2cc(Br)cc3c2OCC3)NN)C1. The molecule has 2 aliphatic rings.